The molecule has 6 nitrogen and oxygen atoms in total. The van der Waals surface area contributed by atoms with Crippen molar-refractivity contribution in [1.29, 1.82) is 0 Å². The summed E-state index contributed by atoms with van der Waals surface area (Å²) in [6.07, 6.45) is 30.7. The fourth-order valence-electron chi connectivity index (χ4n) is 5.05. The number of carbonyl (C=O) groups excluding carboxylic acids is 2. The van der Waals surface area contributed by atoms with E-state index in [9.17, 15) is 9.59 Å². The SMILES string of the molecule is CCCCCCCCCCCCCCC(=O)OCC(COC(=O)CCCCCCCCCCCCCC)OCOC. The lowest BCUT2D eigenvalue weighted by atomic mass is 10.0. The molecule has 0 saturated carbocycles. The van der Waals surface area contributed by atoms with Gasteiger partial charge in [0.05, 0.1) is 0 Å². The summed E-state index contributed by atoms with van der Waals surface area (Å²) in [6, 6.07) is 0. The second kappa shape index (κ2) is 33.4. The first-order valence-corrected chi connectivity index (χ1v) is 17.6. The number of hydrogen-bond acceptors (Lipinski definition) is 6. The first kappa shape index (κ1) is 39.9. The van der Waals surface area contributed by atoms with E-state index in [1.807, 2.05) is 0 Å². The summed E-state index contributed by atoms with van der Waals surface area (Å²) in [4.78, 5) is 24.3. The van der Waals surface area contributed by atoms with Gasteiger partial charge in [-0.3, -0.25) is 9.59 Å². The van der Waals surface area contributed by atoms with E-state index in [-0.39, 0.29) is 31.9 Å². The number of esters is 2. The van der Waals surface area contributed by atoms with E-state index >= 15 is 0 Å². The van der Waals surface area contributed by atoms with Gasteiger partial charge in [0, 0.05) is 20.0 Å². The lowest BCUT2D eigenvalue weighted by Crippen LogP contribution is -2.29. The number of ether oxygens (including phenoxy) is 4. The number of rotatable bonds is 33. The van der Waals surface area contributed by atoms with Gasteiger partial charge in [0.25, 0.3) is 0 Å². The Morgan fingerprint density at radius 1 is 0.463 bits per heavy atom. The molecule has 41 heavy (non-hydrogen) atoms. The average Bonchev–Trinajstić information content (AvgIpc) is 2.97. The molecule has 0 atom stereocenters. The Balaban J connectivity index is 3.74. The molecule has 0 aliphatic heterocycles. The van der Waals surface area contributed by atoms with Gasteiger partial charge in [-0.05, 0) is 12.8 Å². The maximum Gasteiger partial charge on any atom is 0.305 e. The van der Waals surface area contributed by atoms with Crippen molar-refractivity contribution in [3.05, 3.63) is 0 Å². The fraction of sp³-hybridized carbons (Fsp3) is 0.943. The second-order valence-electron chi connectivity index (χ2n) is 11.8. The topological polar surface area (TPSA) is 71.1 Å². The second-order valence-corrected chi connectivity index (χ2v) is 11.8. The van der Waals surface area contributed by atoms with E-state index in [2.05, 4.69) is 13.8 Å². The number of methoxy groups -OCH3 is 1. The van der Waals surface area contributed by atoms with Crippen LogP contribution < -0.4 is 0 Å². The zero-order chi connectivity index (χ0) is 30.1. The molecule has 0 fully saturated rings. The highest BCUT2D eigenvalue weighted by Gasteiger charge is 2.15. The third kappa shape index (κ3) is 31.6. The van der Waals surface area contributed by atoms with Crippen molar-refractivity contribution in [2.24, 2.45) is 0 Å². The molecule has 0 unspecified atom stereocenters. The van der Waals surface area contributed by atoms with E-state index in [1.165, 1.54) is 136 Å². The van der Waals surface area contributed by atoms with Gasteiger partial charge in [0.2, 0.25) is 0 Å². The van der Waals surface area contributed by atoms with Crippen LogP contribution in [0.5, 0.6) is 0 Å². The highest BCUT2D eigenvalue weighted by molar-refractivity contribution is 5.69. The number of hydrogen-bond donors (Lipinski definition) is 0. The molecule has 0 saturated heterocycles. The third-order valence-corrected chi connectivity index (χ3v) is 7.75. The van der Waals surface area contributed by atoms with Gasteiger partial charge < -0.3 is 18.9 Å². The molecule has 244 valence electrons. The van der Waals surface area contributed by atoms with Crippen LogP contribution in [0.15, 0.2) is 0 Å². The van der Waals surface area contributed by atoms with Crippen LogP contribution in [0.1, 0.15) is 181 Å². The van der Waals surface area contributed by atoms with E-state index in [1.54, 1.807) is 0 Å². The Bertz CT molecular complexity index is 509. The summed E-state index contributed by atoms with van der Waals surface area (Å²) in [6.45, 7) is 4.73. The van der Waals surface area contributed by atoms with Crippen LogP contribution in [0.4, 0.5) is 0 Å². The molecule has 0 rings (SSSR count). The molecule has 0 aliphatic rings. The van der Waals surface area contributed by atoms with Crippen LogP contribution in [-0.2, 0) is 28.5 Å². The number of carbonyl (C=O) groups is 2. The standard InChI is InChI=1S/C35H68O6/c1-4-6-8-10-12-14-16-18-20-22-24-26-28-34(36)39-30-33(41-32-38-3)31-40-35(37)29-27-25-23-21-19-17-15-13-11-9-7-5-2/h33H,4-32H2,1-3H3. The molecule has 0 aromatic carbocycles. The van der Waals surface area contributed by atoms with Gasteiger partial charge >= 0.3 is 11.9 Å². The van der Waals surface area contributed by atoms with Crippen LogP contribution in [0, 0.1) is 0 Å². The van der Waals surface area contributed by atoms with Crippen LogP contribution in [0.2, 0.25) is 0 Å². The van der Waals surface area contributed by atoms with Crippen molar-refractivity contribution >= 4 is 11.9 Å². The fourth-order valence-corrected chi connectivity index (χ4v) is 5.05. The summed E-state index contributed by atoms with van der Waals surface area (Å²) in [5, 5.41) is 0. The highest BCUT2D eigenvalue weighted by Crippen LogP contribution is 2.14. The Morgan fingerprint density at radius 3 is 1.05 bits per heavy atom. The van der Waals surface area contributed by atoms with Crippen molar-refractivity contribution in [2.75, 3.05) is 27.1 Å². The van der Waals surface area contributed by atoms with Crippen LogP contribution >= 0.6 is 0 Å². The van der Waals surface area contributed by atoms with Crippen LogP contribution in [0.3, 0.4) is 0 Å². The summed E-state index contributed by atoms with van der Waals surface area (Å²) in [7, 11) is 1.54. The molecule has 0 amide bonds. The van der Waals surface area contributed by atoms with Gasteiger partial charge in [-0.1, -0.05) is 155 Å². The molecule has 0 N–H and O–H groups in total. The summed E-state index contributed by atoms with van der Waals surface area (Å²) < 4.78 is 21.3. The summed E-state index contributed by atoms with van der Waals surface area (Å²) in [5.41, 5.74) is 0. The largest absolute Gasteiger partial charge is 0.463 e. The molecule has 0 heterocycles. The Hall–Kier alpha value is -1.14. The molecular formula is C35H68O6. The molecule has 0 bridgehead atoms. The van der Waals surface area contributed by atoms with Crippen LogP contribution in [-0.4, -0.2) is 45.2 Å². The predicted molar refractivity (Wildman–Crippen MR) is 170 cm³/mol. The van der Waals surface area contributed by atoms with Gasteiger partial charge in [0.15, 0.2) is 0 Å². The lowest BCUT2D eigenvalue weighted by molar-refractivity contribution is -0.162. The van der Waals surface area contributed by atoms with Crippen molar-refractivity contribution in [3.63, 3.8) is 0 Å². The van der Waals surface area contributed by atoms with Gasteiger partial charge in [-0.25, -0.2) is 0 Å². The minimum atomic E-state index is -0.508. The Kier molecular flexibility index (Phi) is 32.4. The van der Waals surface area contributed by atoms with Crippen molar-refractivity contribution < 1.29 is 28.5 Å². The monoisotopic (exact) mass is 585 g/mol. The minimum Gasteiger partial charge on any atom is -0.463 e. The highest BCUT2D eigenvalue weighted by atomic mass is 16.7. The molecular weight excluding hydrogens is 516 g/mol. The lowest BCUT2D eigenvalue weighted by Gasteiger charge is -2.17. The predicted octanol–water partition coefficient (Wildman–Crippen LogP) is 10.2. The smallest absolute Gasteiger partial charge is 0.305 e. The Morgan fingerprint density at radius 2 is 0.756 bits per heavy atom. The van der Waals surface area contributed by atoms with E-state index in [0.29, 0.717) is 12.8 Å². The average molecular weight is 585 g/mol. The van der Waals surface area contributed by atoms with E-state index in [4.69, 9.17) is 18.9 Å². The van der Waals surface area contributed by atoms with Crippen molar-refractivity contribution in [3.8, 4) is 0 Å². The van der Waals surface area contributed by atoms with Crippen LogP contribution in [0.25, 0.3) is 0 Å². The zero-order valence-corrected chi connectivity index (χ0v) is 27.5. The van der Waals surface area contributed by atoms with Crippen molar-refractivity contribution in [1.82, 2.24) is 0 Å². The number of unbranched alkanes of at least 4 members (excludes halogenated alkanes) is 22. The van der Waals surface area contributed by atoms with Gasteiger partial charge in [-0.15, -0.1) is 0 Å². The molecule has 6 heteroatoms. The van der Waals surface area contributed by atoms with Gasteiger partial charge in [-0.2, -0.15) is 0 Å². The summed E-state index contributed by atoms with van der Waals surface area (Å²) in [5.74, 6) is -0.433. The van der Waals surface area contributed by atoms with E-state index in [0.717, 1.165) is 25.7 Å². The van der Waals surface area contributed by atoms with E-state index < -0.39 is 6.10 Å². The molecule has 0 aromatic rings. The first-order valence-electron chi connectivity index (χ1n) is 17.6. The Labute approximate surface area is 254 Å². The maximum atomic E-state index is 12.2. The maximum absolute atomic E-state index is 12.2. The normalized spacial score (nSPS) is 11.3. The quantitative estimate of drug-likeness (QED) is 0.0434. The molecule has 0 aromatic heterocycles. The summed E-state index contributed by atoms with van der Waals surface area (Å²) >= 11 is 0. The van der Waals surface area contributed by atoms with Gasteiger partial charge in [0.1, 0.15) is 26.1 Å². The molecule has 0 radical (unpaired) electrons. The zero-order valence-electron chi connectivity index (χ0n) is 27.5. The molecule has 0 spiro atoms. The third-order valence-electron chi connectivity index (χ3n) is 7.75. The first-order chi connectivity index (χ1) is 20.1. The molecule has 0 aliphatic carbocycles. The van der Waals surface area contributed by atoms with Crippen molar-refractivity contribution in [2.45, 2.75) is 187 Å². The minimum absolute atomic E-state index is 0.0667.